The van der Waals surface area contributed by atoms with E-state index in [1.54, 1.807) is 12.1 Å². The zero-order chi connectivity index (χ0) is 19.6. The Morgan fingerprint density at radius 2 is 2.18 bits per heavy atom. The predicted octanol–water partition coefficient (Wildman–Crippen LogP) is 3.39. The van der Waals surface area contributed by atoms with E-state index in [-0.39, 0.29) is 35.5 Å². The van der Waals surface area contributed by atoms with Gasteiger partial charge >= 0.3 is 6.61 Å². The van der Waals surface area contributed by atoms with Crippen molar-refractivity contribution in [3.8, 4) is 11.5 Å². The summed E-state index contributed by atoms with van der Waals surface area (Å²) in [5, 5.41) is 3.29. The summed E-state index contributed by atoms with van der Waals surface area (Å²) in [5.41, 5.74) is 0.859. The largest absolute Gasteiger partial charge is 0.493 e. The lowest BCUT2D eigenvalue weighted by Gasteiger charge is -2.24. The molecule has 1 unspecified atom stereocenters. The minimum atomic E-state index is -2.89. The molecule has 9 heteroatoms. The Labute approximate surface area is 182 Å². The van der Waals surface area contributed by atoms with E-state index in [4.69, 9.17) is 9.47 Å². The van der Waals surface area contributed by atoms with E-state index in [1.165, 1.54) is 7.11 Å². The minimum absolute atomic E-state index is 0. The Morgan fingerprint density at radius 3 is 2.79 bits per heavy atom. The third-order valence-electron chi connectivity index (χ3n) is 4.36. The maximum Gasteiger partial charge on any atom is 0.387 e. The Kier molecular flexibility index (Phi) is 11.4. The maximum atomic E-state index is 12.5. The number of nitrogens with one attached hydrogen (secondary N) is 1. The van der Waals surface area contributed by atoms with Crippen LogP contribution in [0.15, 0.2) is 23.2 Å². The maximum absolute atomic E-state index is 12.5. The van der Waals surface area contributed by atoms with Gasteiger partial charge in [0.15, 0.2) is 17.5 Å². The van der Waals surface area contributed by atoms with Crippen LogP contribution in [0.25, 0.3) is 0 Å². The highest BCUT2D eigenvalue weighted by molar-refractivity contribution is 14.0. The average Bonchev–Trinajstić information content (AvgIpc) is 3.13. The molecule has 1 saturated heterocycles. The number of guanidine groups is 1. The van der Waals surface area contributed by atoms with Crippen LogP contribution < -0.4 is 14.8 Å². The van der Waals surface area contributed by atoms with Crippen LogP contribution in [-0.2, 0) is 11.2 Å². The number of nitrogens with zero attached hydrogens (tertiary/aromatic N) is 2. The number of hydrogen-bond acceptors (Lipinski definition) is 4. The highest BCUT2D eigenvalue weighted by atomic mass is 127. The Morgan fingerprint density at radius 1 is 1.39 bits per heavy atom. The fourth-order valence-electron chi connectivity index (χ4n) is 3.03. The molecule has 1 aliphatic heterocycles. The van der Waals surface area contributed by atoms with E-state index in [1.807, 2.05) is 20.0 Å². The molecule has 1 atom stereocenters. The molecule has 1 fully saturated rings. The van der Waals surface area contributed by atoms with E-state index in [2.05, 4.69) is 19.9 Å². The van der Waals surface area contributed by atoms with Crippen molar-refractivity contribution in [2.24, 2.45) is 10.9 Å². The number of halogens is 3. The first-order chi connectivity index (χ1) is 13.0. The minimum Gasteiger partial charge on any atom is -0.493 e. The molecule has 1 aromatic rings. The lowest BCUT2D eigenvalue weighted by atomic mass is 10.1. The van der Waals surface area contributed by atoms with Crippen LogP contribution in [0.2, 0.25) is 0 Å². The number of hydrogen-bond donors (Lipinski definition) is 1. The SMILES string of the molecule is CCNC(=NCCc1ccc(OC)c(OC(F)F)c1)N(C)CC1CCOC1.I. The van der Waals surface area contributed by atoms with E-state index in [9.17, 15) is 8.78 Å². The van der Waals surface area contributed by atoms with Gasteiger partial charge in [-0.05, 0) is 37.5 Å². The lowest BCUT2D eigenvalue weighted by molar-refractivity contribution is -0.0512. The molecule has 2 rings (SSSR count). The lowest BCUT2D eigenvalue weighted by Crippen LogP contribution is -2.41. The summed E-state index contributed by atoms with van der Waals surface area (Å²) < 4.78 is 40.1. The van der Waals surface area contributed by atoms with E-state index in [0.29, 0.717) is 18.9 Å². The van der Waals surface area contributed by atoms with Crippen LogP contribution in [0.5, 0.6) is 11.5 Å². The molecule has 28 heavy (non-hydrogen) atoms. The first kappa shape index (κ1) is 24.7. The second kappa shape index (κ2) is 13.0. The van der Waals surface area contributed by atoms with Gasteiger partial charge in [-0.3, -0.25) is 4.99 Å². The van der Waals surface area contributed by atoms with Gasteiger partial charge in [-0.25, -0.2) is 0 Å². The molecule has 1 aromatic carbocycles. The molecule has 0 bridgehead atoms. The molecule has 1 aliphatic rings. The van der Waals surface area contributed by atoms with Gasteiger partial charge in [-0.2, -0.15) is 8.78 Å². The summed E-state index contributed by atoms with van der Waals surface area (Å²) in [7, 11) is 3.44. The first-order valence-electron chi connectivity index (χ1n) is 9.22. The predicted molar refractivity (Wildman–Crippen MR) is 116 cm³/mol. The van der Waals surface area contributed by atoms with Crippen molar-refractivity contribution in [3.63, 3.8) is 0 Å². The topological polar surface area (TPSA) is 55.3 Å². The van der Waals surface area contributed by atoms with Crippen molar-refractivity contribution in [1.29, 1.82) is 0 Å². The Bertz CT molecular complexity index is 614. The third-order valence-corrected chi connectivity index (χ3v) is 4.36. The number of methoxy groups -OCH3 is 1. The summed E-state index contributed by atoms with van der Waals surface area (Å²) in [6.07, 6.45) is 1.68. The first-order valence-corrected chi connectivity index (χ1v) is 9.22. The molecule has 1 N–H and O–H groups in total. The summed E-state index contributed by atoms with van der Waals surface area (Å²) in [4.78, 5) is 6.77. The van der Waals surface area contributed by atoms with Crippen LogP contribution >= 0.6 is 24.0 Å². The van der Waals surface area contributed by atoms with Crippen LogP contribution in [0.3, 0.4) is 0 Å². The zero-order valence-electron chi connectivity index (χ0n) is 16.6. The van der Waals surface area contributed by atoms with Gasteiger partial charge in [0.05, 0.1) is 13.7 Å². The number of benzene rings is 1. The van der Waals surface area contributed by atoms with Crippen molar-refractivity contribution >= 4 is 29.9 Å². The Hall–Kier alpha value is -1.36. The molecular formula is C19H30F2IN3O3. The third kappa shape index (κ3) is 7.94. The molecule has 0 radical (unpaired) electrons. The normalized spacial score (nSPS) is 16.6. The van der Waals surface area contributed by atoms with Gasteiger partial charge < -0.3 is 24.4 Å². The zero-order valence-corrected chi connectivity index (χ0v) is 19.0. The molecule has 0 aliphatic carbocycles. The van der Waals surface area contributed by atoms with Crippen LogP contribution in [0, 0.1) is 5.92 Å². The fraction of sp³-hybridized carbons (Fsp3) is 0.632. The number of rotatable bonds is 9. The quantitative estimate of drug-likeness (QED) is 0.312. The summed E-state index contributed by atoms with van der Waals surface area (Å²) in [6.45, 7) is 2.96. The van der Waals surface area contributed by atoms with Crippen LogP contribution in [0.1, 0.15) is 18.9 Å². The van der Waals surface area contributed by atoms with Gasteiger partial charge in [-0.1, -0.05) is 6.07 Å². The van der Waals surface area contributed by atoms with Gasteiger partial charge in [-0.15, -0.1) is 24.0 Å². The number of aliphatic imine (C=N–C) groups is 1. The molecule has 0 saturated carbocycles. The van der Waals surface area contributed by atoms with Crippen molar-refractivity contribution in [1.82, 2.24) is 10.2 Å². The highest BCUT2D eigenvalue weighted by Crippen LogP contribution is 2.29. The number of alkyl halides is 2. The van der Waals surface area contributed by atoms with Crippen LogP contribution in [-0.4, -0.2) is 64.5 Å². The monoisotopic (exact) mass is 513 g/mol. The number of ether oxygens (including phenoxy) is 3. The second-order valence-corrected chi connectivity index (χ2v) is 6.46. The van der Waals surface area contributed by atoms with Gasteiger partial charge in [0.2, 0.25) is 0 Å². The van der Waals surface area contributed by atoms with E-state index < -0.39 is 6.61 Å². The van der Waals surface area contributed by atoms with E-state index in [0.717, 1.165) is 44.2 Å². The van der Waals surface area contributed by atoms with Crippen molar-refractivity contribution < 1.29 is 23.0 Å². The van der Waals surface area contributed by atoms with Gasteiger partial charge in [0.1, 0.15) is 0 Å². The summed E-state index contributed by atoms with van der Waals surface area (Å²) >= 11 is 0. The molecule has 160 valence electrons. The molecule has 0 aromatic heterocycles. The Balaban J connectivity index is 0.00000392. The van der Waals surface area contributed by atoms with Crippen molar-refractivity contribution in [2.45, 2.75) is 26.4 Å². The smallest absolute Gasteiger partial charge is 0.387 e. The van der Waals surface area contributed by atoms with Gasteiger partial charge in [0.25, 0.3) is 0 Å². The summed E-state index contributed by atoms with van der Waals surface area (Å²) in [6, 6.07) is 5.04. The molecular weight excluding hydrogens is 483 g/mol. The van der Waals surface area contributed by atoms with Gasteiger partial charge in [0, 0.05) is 39.2 Å². The molecule has 6 nitrogen and oxygen atoms in total. The summed E-state index contributed by atoms with van der Waals surface area (Å²) in [5.74, 6) is 1.69. The fourth-order valence-corrected chi connectivity index (χ4v) is 3.03. The molecule has 0 amide bonds. The van der Waals surface area contributed by atoms with Crippen molar-refractivity contribution in [2.75, 3.05) is 47.0 Å². The standard InChI is InChI=1S/C19H29F2N3O3.HI/c1-4-22-19(24(2)12-15-8-10-26-13-15)23-9-7-14-5-6-16(25-3)17(11-14)27-18(20)21;/h5-6,11,15,18H,4,7-10,12-13H2,1-3H3,(H,22,23);1H. The molecule has 1 heterocycles. The highest BCUT2D eigenvalue weighted by Gasteiger charge is 2.19. The van der Waals surface area contributed by atoms with Crippen LogP contribution in [0.4, 0.5) is 8.78 Å². The average molecular weight is 513 g/mol. The van der Waals surface area contributed by atoms with Crippen molar-refractivity contribution in [3.05, 3.63) is 23.8 Å². The molecule has 0 spiro atoms. The van der Waals surface area contributed by atoms with E-state index >= 15 is 0 Å². The second-order valence-electron chi connectivity index (χ2n) is 6.46.